The van der Waals surface area contributed by atoms with Gasteiger partial charge in [-0.15, -0.1) is 0 Å². The van der Waals surface area contributed by atoms with Crippen LogP contribution in [-0.4, -0.2) is 29.9 Å². The molecular formula is C22H22N4O3. The summed E-state index contributed by atoms with van der Waals surface area (Å²) >= 11 is 0. The third-order valence-electron chi connectivity index (χ3n) is 4.85. The molecule has 1 aliphatic rings. The van der Waals surface area contributed by atoms with Crippen LogP contribution in [0.4, 0.5) is 11.4 Å². The number of hydrogen-bond acceptors (Lipinski definition) is 5. The van der Waals surface area contributed by atoms with Gasteiger partial charge in [-0.2, -0.15) is 0 Å². The maximum absolute atomic E-state index is 12.6. The van der Waals surface area contributed by atoms with E-state index in [1.165, 1.54) is 30.8 Å². The second kappa shape index (κ2) is 8.60. The van der Waals surface area contributed by atoms with Crippen LogP contribution in [-0.2, 0) is 6.54 Å². The summed E-state index contributed by atoms with van der Waals surface area (Å²) in [6.07, 6.45) is 5.44. The first-order valence-corrected chi connectivity index (χ1v) is 9.62. The lowest BCUT2D eigenvalue weighted by atomic mass is 10.2. The molecule has 7 nitrogen and oxygen atoms in total. The van der Waals surface area contributed by atoms with Crippen LogP contribution in [0, 0.1) is 0 Å². The molecule has 2 N–H and O–H groups in total. The van der Waals surface area contributed by atoms with Crippen LogP contribution >= 0.6 is 0 Å². The summed E-state index contributed by atoms with van der Waals surface area (Å²) in [5.74, 6) is -0.0166. The Bertz CT molecular complexity index is 978. The number of rotatable bonds is 6. The topological polar surface area (TPSA) is 87.5 Å². The molecule has 0 aliphatic carbocycles. The second-order valence-electron chi connectivity index (χ2n) is 6.89. The van der Waals surface area contributed by atoms with Gasteiger partial charge in [-0.25, -0.2) is 0 Å². The summed E-state index contributed by atoms with van der Waals surface area (Å²) < 4.78 is 5.19. The van der Waals surface area contributed by atoms with Crippen LogP contribution in [0.5, 0.6) is 0 Å². The fraction of sp³-hybridized carbons (Fsp3) is 0.227. The molecule has 4 rings (SSSR count). The summed E-state index contributed by atoms with van der Waals surface area (Å²) in [6.45, 7) is 2.41. The van der Waals surface area contributed by atoms with Crippen LogP contribution in [0.1, 0.15) is 39.4 Å². The SMILES string of the molecule is O=C(Nc1ccc(N2CCCC2)cc1)c1ccnc(C(=O)NCc2ccco2)c1. The highest BCUT2D eigenvalue weighted by atomic mass is 16.3. The number of furan rings is 1. The van der Waals surface area contributed by atoms with Crippen LogP contribution < -0.4 is 15.5 Å². The minimum Gasteiger partial charge on any atom is -0.467 e. The van der Waals surface area contributed by atoms with E-state index < -0.39 is 0 Å². The van der Waals surface area contributed by atoms with Crippen molar-refractivity contribution >= 4 is 23.2 Å². The summed E-state index contributed by atoms with van der Waals surface area (Å²) in [5.41, 5.74) is 2.42. The summed E-state index contributed by atoms with van der Waals surface area (Å²) in [7, 11) is 0. The monoisotopic (exact) mass is 390 g/mol. The van der Waals surface area contributed by atoms with E-state index in [1.807, 2.05) is 24.3 Å². The molecule has 0 spiro atoms. The van der Waals surface area contributed by atoms with Gasteiger partial charge in [0.15, 0.2) is 0 Å². The number of nitrogens with zero attached hydrogens (tertiary/aromatic N) is 2. The Morgan fingerprint density at radius 2 is 1.83 bits per heavy atom. The molecule has 3 heterocycles. The van der Waals surface area contributed by atoms with E-state index in [9.17, 15) is 9.59 Å². The van der Waals surface area contributed by atoms with Gasteiger partial charge in [0.25, 0.3) is 11.8 Å². The van der Waals surface area contributed by atoms with Gasteiger partial charge in [-0.3, -0.25) is 14.6 Å². The highest BCUT2D eigenvalue weighted by Gasteiger charge is 2.14. The number of pyridine rings is 1. The smallest absolute Gasteiger partial charge is 0.270 e. The molecule has 0 radical (unpaired) electrons. The number of carbonyl (C=O) groups excluding carboxylic acids is 2. The molecule has 0 bridgehead atoms. The Balaban J connectivity index is 1.38. The molecule has 1 aromatic carbocycles. The maximum atomic E-state index is 12.6. The average molecular weight is 390 g/mol. The van der Waals surface area contributed by atoms with Crippen molar-refractivity contribution in [2.45, 2.75) is 19.4 Å². The lowest BCUT2D eigenvalue weighted by Gasteiger charge is -2.17. The highest BCUT2D eigenvalue weighted by Crippen LogP contribution is 2.22. The minimum atomic E-state index is -0.369. The van der Waals surface area contributed by atoms with Crippen molar-refractivity contribution in [3.8, 4) is 0 Å². The van der Waals surface area contributed by atoms with E-state index in [4.69, 9.17) is 4.42 Å². The molecular weight excluding hydrogens is 368 g/mol. The lowest BCUT2D eigenvalue weighted by molar-refractivity contribution is 0.0943. The van der Waals surface area contributed by atoms with E-state index >= 15 is 0 Å². The molecule has 0 unspecified atom stereocenters. The number of nitrogens with one attached hydrogen (secondary N) is 2. The Hall–Kier alpha value is -3.61. The van der Waals surface area contributed by atoms with E-state index in [0.717, 1.165) is 13.1 Å². The summed E-state index contributed by atoms with van der Waals surface area (Å²) in [4.78, 5) is 31.3. The number of carbonyl (C=O) groups is 2. The predicted octanol–water partition coefficient (Wildman–Crippen LogP) is 3.46. The third-order valence-corrected chi connectivity index (χ3v) is 4.85. The third kappa shape index (κ3) is 4.63. The molecule has 1 saturated heterocycles. The summed E-state index contributed by atoms with van der Waals surface area (Å²) in [6, 6.07) is 14.4. The van der Waals surface area contributed by atoms with Gasteiger partial charge in [0.2, 0.25) is 0 Å². The van der Waals surface area contributed by atoms with Gasteiger partial charge < -0.3 is 20.0 Å². The van der Waals surface area contributed by atoms with Crippen molar-refractivity contribution in [2.75, 3.05) is 23.3 Å². The maximum Gasteiger partial charge on any atom is 0.270 e. The van der Waals surface area contributed by atoms with Crippen molar-refractivity contribution < 1.29 is 14.0 Å². The van der Waals surface area contributed by atoms with E-state index in [-0.39, 0.29) is 24.1 Å². The molecule has 7 heteroatoms. The first kappa shape index (κ1) is 18.7. The Labute approximate surface area is 168 Å². The number of hydrogen-bond donors (Lipinski definition) is 2. The fourth-order valence-electron chi connectivity index (χ4n) is 3.30. The van der Waals surface area contributed by atoms with Gasteiger partial charge >= 0.3 is 0 Å². The molecule has 1 fully saturated rings. The Kier molecular flexibility index (Phi) is 5.56. The number of benzene rings is 1. The minimum absolute atomic E-state index is 0.175. The number of amides is 2. The van der Waals surface area contributed by atoms with E-state index in [0.29, 0.717) is 17.0 Å². The molecule has 2 aromatic heterocycles. The van der Waals surface area contributed by atoms with Crippen molar-refractivity contribution in [1.82, 2.24) is 10.3 Å². The normalized spacial score (nSPS) is 13.3. The van der Waals surface area contributed by atoms with Gasteiger partial charge in [-0.1, -0.05) is 0 Å². The van der Waals surface area contributed by atoms with Gasteiger partial charge in [0.05, 0.1) is 12.8 Å². The molecule has 2 amide bonds. The lowest BCUT2D eigenvalue weighted by Crippen LogP contribution is -2.24. The van der Waals surface area contributed by atoms with E-state index in [1.54, 1.807) is 24.5 Å². The number of aromatic nitrogens is 1. The fourth-order valence-corrected chi connectivity index (χ4v) is 3.30. The van der Waals surface area contributed by atoms with Crippen LogP contribution in [0.2, 0.25) is 0 Å². The molecule has 148 valence electrons. The zero-order valence-electron chi connectivity index (χ0n) is 15.9. The standard InChI is InChI=1S/C22H22N4O3/c27-21(25-17-5-7-18(8-6-17)26-11-1-2-12-26)16-9-10-23-20(14-16)22(28)24-15-19-4-3-13-29-19/h3-10,13-14H,1-2,11-12,15H2,(H,24,28)(H,25,27). The first-order valence-electron chi connectivity index (χ1n) is 9.62. The predicted molar refractivity (Wildman–Crippen MR) is 110 cm³/mol. The molecule has 0 saturated carbocycles. The molecule has 29 heavy (non-hydrogen) atoms. The van der Waals surface area contributed by atoms with Crippen LogP contribution in [0.15, 0.2) is 65.4 Å². The van der Waals surface area contributed by atoms with Gasteiger partial charge in [-0.05, 0) is 61.4 Å². The van der Waals surface area contributed by atoms with Gasteiger partial charge in [0.1, 0.15) is 11.5 Å². The average Bonchev–Trinajstić information content (AvgIpc) is 3.47. The van der Waals surface area contributed by atoms with Gasteiger partial charge in [0, 0.05) is 36.2 Å². The molecule has 1 aliphatic heterocycles. The first-order chi connectivity index (χ1) is 14.2. The zero-order chi connectivity index (χ0) is 20.1. The van der Waals surface area contributed by atoms with Crippen molar-refractivity contribution in [2.24, 2.45) is 0 Å². The van der Waals surface area contributed by atoms with Crippen molar-refractivity contribution in [3.63, 3.8) is 0 Å². The second-order valence-corrected chi connectivity index (χ2v) is 6.89. The Morgan fingerprint density at radius 1 is 1.03 bits per heavy atom. The van der Waals surface area contributed by atoms with Crippen molar-refractivity contribution in [1.29, 1.82) is 0 Å². The van der Waals surface area contributed by atoms with E-state index in [2.05, 4.69) is 20.5 Å². The quantitative estimate of drug-likeness (QED) is 0.673. The molecule has 3 aromatic rings. The zero-order valence-corrected chi connectivity index (χ0v) is 15.9. The van der Waals surface area contributed by atoms with Crippen LogP contribution in [0.3, 0.4) is 0 Å². The van der Waals surface area contributed by atoms with Crippen molar-refractivity contribution in [3.05, 3.63) is 78.0 Å². The largest absolute Gasteiger partial charge is 0.467 e. The summed E-state index contributed by atoms with van der Waals surface area (Å²) in [5, 5.41) is 5.58. The number of anilines is 2. The Morgan fingerprint density at radius 3 is 2.55 bits per heavy atom. The molecule has 0 atom stereocenters. The highest BCUT2D eigenvalue weighted by molar-refractivity contribution is 6.05. The van der Waals surface area contributed by atoms with Crippen LogP contribution in [0.25, 0.3) is 0 Å².